The van der Waals surface area contributed by atoms with Crippen LogP contribution in [0.5, 0.6) is 0 Å². The first-order valence-electron chi connectivity index (χ1n) is 14.5. The van der Waals surface area contributed by atoms with Crippen molar-refractivity contribution in [2.24, 2.45) is 5.16 Å². The third-order valence-corrected chi connectivity index (χ3v) is 8.27. The molecule has 3 aromatic rings. The van der Waals surface area contributed by atoms with E-state index in [1.54, 1.807) is 11.0 Å². The zero-order valence-electron chi connectivity index (χ0n) is 23.8. The Morgan fingerprint density at radius 3 is 2.52 bits per heavy atom. The number of anilines is 2. The molecule has 0 spiro atoms. The molecule has 6 rings (SSSR count). The van der Waals surface area contributed by atoms with E-state index in [4.69, 9.17) is 4.84 Å². The number of carbonyl (C=O) groups is 2. The fraction of sp³-hybridized carbons (Fsp3) is 0.419. The molecule has 1 saturated heterocycles. The van der Waals surface area contributed by atoms with E-state index < -0.39 is 17.2 Å². The lowest BCUT2D eigenvalue weighted by molar-refractivity contribution is -0.112. The number of carbonyl (C=O) groups excluding carboxylic acids is 1. The van der Waals surface area contributed by atoms with Crippen molar-refractivity contribution in [1.29, 1.82) is 0 Å². The summed E-state index contributed by atoms with van der Waals surface area (Å²) in [5.41, 5.74) is 3.05. The van der Waals surface area contributed by atoms with Gasteiger partial charge in [-0.05, 0) is 63.9 Å². The zero-order chi connectivity index (χ0) is 29.5. The van der Waals surface area contributed by atoms with Gasteiger partial charge in [0.2, 0.25) is 5.43 Å². The van der Waals surface area contributed by atoms with Gasteiger partial charge in [0.15, 0.2) is 5.71 Å². The molecule has 1 aliphatic carbocycles. The van der Waals surface area contributed by atoms with E-state index >= 15 is 4.39 Å². The van der Waals surface area contributed by atoms with Crippen LogP contribution in [0.2, 0.25) is 0 Å². The lowest BCUT2D eigenvalue weighted by Gasteiger charge is -2.36. The van der Waals surface area contributed by atoms with E-state index in [0.717, 1.165) is 55.7 Å². The maximum atomic E-state index is 15.3. The van der Waals surface area contributed by atoms with Crippen LogP contribution in [0, 0.1) is 12.7 Å². The monoisotopic (exact) mass is 575 g/mol. The summed E-state index contributed by atoms with van der Waals surface area (Å²) >= 11 is 0. The van der Waals surface area contributed by atoms with Gasteiger partial charge in [-0.25, -0.2) is 9.18 Å². The number of fused-ring (bicyclic) bond motifs is 2. The molecule has 1 saturated carbocycles. The fourth-order valence-corrected chi connectivity index (χ4v) is 5.94. The van der Waals surface area contributed by atoms with E-state index in [-0.39, 0.29) is 22.9 Å². The van der Waals surface area contributed by atoms with Crippen LogP contribution >= 0.6 is 0 Å². The van der Waals surface area contributed by atoms with Crippen LogP contribution in [-0.4, -0.2) is 78.0 Å². The summed E-state index contributed by atoms with van der Waals surface area (Å²) in [6.07, 6.45) is 3.97. The highest BCUT2D eigenvalue weighted by Crippen LogP contribution is 2.38. The van der Waals surface area contributed by atoms with Gasteiger partial charge in [-0.3, -0.25) is 14.5 Å². The van der Waals surface area contributed by atoms with E-state index in [2.05, 4.69) is 10.1 Å². The lowest BCUT2D eigenvalue weighted by atomic mass is 10.1. The predicted molar refractivity (Wildman–Crippen MR) is 158 cm³/mol. The van der Waals surface area contributed by atoms with E-state index in [1.807, 2.05) is 41.5 Å². The molecule has 11 heteroatoms. The van der Waals surface area contributed by atoms with Crippen LogP contribution in [0.3, 0.4) is 0 Å². The number of halogens is 1. The van der Waals surface area contributed by atoms with Crippen LogP contribution in [-0.2, 0) is 9.63 Å². The molecule has 0 atom stereocenters. The summed E-state index contributed by atoms with van der Waals surface area (Å²) in [6.45, 7) is 8.22. The van der Waals surface area contributed by atoms with Crippen LogP contribution in [0.25, 0.3) is 10.9 Å². The molecule has 2 fully saturated rings. The summed E-state index contributed by atoms with van der Waals surface area (Å²) in [7, 11) is 0. The van der Waals surface area contributed by atoms with Gasteiger partial charge >= 0.3 is 5.97 Å². The van der Waals surface area contributed by atoms with Crippen LogP contribution in [0.1, 0.15) is 53.7 Å². The zero-order valence-corrected chi connectivity index (χ0v) is 23.8. The lowest BCUT2D eigenvalue weighted by Crippen LogP contribution is -2.47. The predicted octanol–water partition coefficient (Wildman–Crippen LogP) is 3.78. The molecule has 220 valence electrons. The average Bonchev–Trinajstić information content (AvgIpc) is 3.78. The second kappa shape index (κ2) is 11.2. The number of aromatic carboxylic acids is 1. The van der Waals surface area contributed by atoms with Crippen LogP contribution in [0.15, 0.2) is 46.5 Å². The second-order valence-corrected chi connectivity index (χ2v) is 11.2. The molecule has 2 aliphatic heterocycles. The standard InChI is InChI=1S/C31H34FN5O5/c1-3-42-33-28-21-15-19(2)5-8-25(21)36(30(28)39)10-4-9-34-11-13-35(14-12-34)27-17-26-22(16-24(27)32)29(38)23(31(40)41)18-37(26)20-6-7-20/h5,8,15-18,20H,3-4,6-7,9-14H2,1-2H3,(H,40,41)/b33-28+. The average molecular weight is 576 g/mol. The molecule has 0 radical (unpaired) electrons. The Balaban J connectivity index is 1.11. The number of rotatable bonds is 9. The minimum Gasteiger partial charge on any atom is -0.477 e. The van der Waals surface area contributed by atoms with Gasteiger partial charge in [0, 0.05) is 55.9 Å². The molecule has 0 unspecified atom stereocenters. The van der Waals surface area contributed by atoms with Gasteiger partial charge in [0.25, 0.3) is 5.91 Å². The van der Waals surface area contributed by atoms with Crippen molar-refractivity contribution < 1.29 is 23.9 Å². The molecule has 1 amide bonds. The molecule has 3 aliphatic rings. The first kappa shape index (κ1) is 27.9. The number of piperazine rings is 1. The quantitative estimate of drug-likeness (QED) is 0.387. The summed E-state index contributed by atoms with van der Waals surface area (Å²) in [4.78, 5) is 48.8. The van der Waals surface area contributed by atoms with Gasteiger partial charge in [-0.15, -0.1) is 0 Å². The molecule has 2 aromatic carbocycles. The molecule has 1 N–H and O–H groups in total. The van der Waals surface area contributed by atoms with Crippen molar-refractivity contribution in [2.45, 2.75) is 39.2 Å². The van der Waals surface area contributed by atoms with Crippen LogP contribution < -0.4 is 15.2 Å². The normalized spacial score (nSPS) is 18.3. The highest BCUT2D eigenvalue weighted by atomic mass is 19.1. The van der Waals surface area contributed by atoms with Crippen molar-refractivity contribution in [3.8, 4) is 0 Å². The summed E-state index contributed by atoms with van der Waals surface area (Å²) < 4.78 is 17.1. The maximum Gasteiger partial charge on any atom is 0.341 e. The molecule has 3 heterocycles. The topological polar surface area (TPSA) is 108 Å². The SMILES string of the molecule is CCO/N=C1/C(=O)N(CCCN2CCN(c3cc4c(cc3F)c(=O)c(C(=O)O)cn4C3CC3)CC2)c2ccc(C)cc21. The Bertz CT molecular complexity index is 1660. The van der Waals surface area contributed by atoms with E-state index in [1.165, 1.54) is 12.3 Å². The number of aryl methyl sites for hydroxylation is 1. The number of carboxylic acids is 1. The van der Waals surface area contributed by atoms with Gasteiger partial charge in [-0.1, -0.05) is 16.8 Å². The number of benzene rings is 2. The number of oxime groups is 1. The molecule has 1 aromatic heterocycles. The highest BCUT2D eigenvalue weighted by Gasteiger charge is 2.35. The third-order valence-electron chi connectivity index (χ3n) is 8.27. The summed E-state index contributed by atoms with van der Waals surface area (Å²) in [5.74, 6) is -1.98. The van der Waals surface area contributed by atoms with Crippen molar-refractivity contribution in [2.75, 3.05) is 55.7 Å². The minimum atomic E-state index is -1.30. The van der Waals surface area contributed by atoms with Crippen molar-refractivity contribution in [3.05, 3.63) is 69.3 Å². The number of hydrogen-bond acceptors (Lipinski definition) is 7. The first-order valence-corrected chi connectivity index (χ1v) is 14.5. The second-order valence-electron chi connectivity index (χ2n) is 11.2. The number of amides is 1. The Morgan fingerprint density at radius 2 is 1.83 bits per heavy atom. The number of nitrogens with zero attached hydrogens (tertiary/aromatic N) is 5. The fourth-order valence-electron chi connectivity index (χ4n) is 5.94. The van der Waals surface area contributed by atoms with E-state index in [9.17, 15) is 19.5 Å². The smallest absolute Gasteiger partial charge is 0.341 e. The number of carboxylic acid groups (broad SMARTS) is 1. The largest absolute Gasteiger partial charge is 0.477 e. The molecule has 0 bridgehead atoms. The summed E-state index contributed by atoms with van der Waals surface area (Å²) in [5, 5.41) is 13.7. The molecule has 42 heavy (non-hydrogen) atoms. The Labute approximate surface area is 242 Å². The van der Waals surface area contributed by atoms with Crippen molar-refractivity contribution in [1.82, 2.24) is 9.47 Å². The Morgan fingerprint density at radius 1 is 1.07 bits per heavy atom. The summed E-state index contributed by atoms with van der Waals surface area (Å²) in [6, 6.07) is 8.93. The van der Waals surface area contributed by atoms with Gasteiger partial charge in [0.1, 0.15) is 18.0 Å². The van der Waals surface area contributed by atoms with Crippen molar-refractivity contribution in [3.63, 3.8) is 0 Å². The number of aromatic nitrogens is 1. The number of pyridine rings is 1. The van der Waals surface area contributed by atoms with Crippen LogP contribution in [0.4, 0.5) is 15.8 Å². The Kier molecular flexibility index (Phi) is 7.44. The number of hydrogen-bond donors (Lipinski definition) is 1. The maximum absolute atomic E-state index is 15.3. The van der Waals surface area contributed by atoms with Gasteiger partial charge in [0.05, 0.1) is 16.9 Å². The molecular formula is C31H34FN5O5. The van der Waals surface area contributed by atoms with Gasteiger partial charge < -0.3 is 24.3 Å². The third kappa shape index (κ3) is 5.13. The molecule has 10 nitrogen and oxygen atoms in total. The van der Waals surface area contributed by atoms with Crippen molar-refractivity contribution >= 4 is 39.9 Å². The first-order chi connectivity index (χ1) is 20.3. The minimum absolute atomic E-state index is 0.101. The van der Waals surface area contributed by atoms with E-state index in [0.29, 0.717) is 43.2 Å². The molecular weight excluding hydrogens is 541 g/mol. The Hall–Kier alpha value is -4.25. The van der Waals surface area contributed by atoms with Gasteiger partial charge in [-0.2, -0.15) is 0 Å². The highest BCUT2D eigenvalue weighted by molar-refractivity contribution is 6.54.